The quantitative estimate of drug-likeness (QED) is 0.637. The molecule has 27 heavy (non-hydrogen) atoms. The van der Waals surface area contributed by atoms with Gasteiger partial charge in [0, 0.05) is 12.4 Å². The average molecular weight is 360 g/mol. The maximum absolute atomic E-state index is 9.02. The molecule has 0 N–H and O–H groups in total. The molecule has 2 rings (SSSR count). The normalized spacial score (nSPS) is 9.33. The summed E-state index contributed by atoms with van der Waals surface area (Å²) in [4.78, 5) is 7.84. The summed E-state index contributed by atoms with van der Waals surface area (Å²) in [6.07, 6.45) is 2.64. The molecule has 9 heteroatoms. The molecule has 0 amide bonds. The van der Waals surface area contributed by atoms with Gasteiger partial charge in [0.05, 0.1) is 24.3 Å². The molecular formula is C18H12N6O3. The maximum Gasteiger partial charge on any atom is 0.231 e. The highest BCUT2D eigenvalue weighted by molar-refractivity contribution is 5.44. The van der Waals surface area contributed by atoms with E-state index >= 15 is 0 Å². The zero-order valence-corrected chi connectivity index (χ0v) is 14.0. The number of nitriles is 4. The predicted molar refractivity (Wildman–Crippen MR) is 89.1 cm³/mol. The number of ether oxygens (including phenoxy) is 3. The lowest BCUT2D eigenvalue weighted by molar-refractivity contribution is 0.0741. The Kier molecular flexibility index (Phi) is 7.06. The topological polar surface area (TPSA) is 149 Å². The van der Waals surface area contributed by atoms with Crippen molar-refractivity contribution < 1.29 is 14.2 Å². The summed E-state index contributed by atoms with van der Waals surface area (Å²) in [7, 11) is 0. The monoisotopic (exact) mass is 360 g/mol. The van der Waals surface area contributed by atoms with Crippen molar-refractivity contribution in [3.8, 4) is 36.0 Å². The minimum atomic E-state index is 0.136. The van der Waals surface area contributed by atoms with Crippen molar-refractivity contribution >= 4 is 0 Å². The first-order chi connectivity index (χ1) is 13.2. The smallest absolute Gasteiger partial charge is 0.231 e. The van der Waals surface area contributed by atoms with E-state index in [-0.39, 0.29) is 60.4 Å². The Balaban J connectivity index is 1.72. The van der Waals surface area contributed by atoms with Crippen LogP contribution in [0.25, 0.3) is 0 Å². The molecular weight excluding hydrogens is 348 g/mol. The summed E-state index contributed by atoms with van der Waals surface area (Å²) in [5, 5.41) is 35.6. The van der Waals surface area contributed by atoms with Crippen LogP contribution in [0.1, 0.15) is 22.3 Å². The van der Waals surface area contributed by atoms with Crippen molar-refractivity contribution in [1.82, 2.24) is 9.97 Å². The van der Waals surface area contributed by atoms with Gasteiger partial charge in [-0.3, -0.25) is 0 Å². The number of pyridine rings is 2. The molecule has 0 bridgehead atoms. The van der Waals surface area contributed by atoms with Crippen molar-refractivity contribution in [3.05, 3.63) is 46.8 Å². The fourth-order valence-corrected chi connectivity index (χ4v) is 1.91. The zero-order chi connectivity index (χ0) is 19.5. The lowest BCUT2D eigenvalue weighted by Gasteiger charge is -2.09. The molecule has 0 fully saturated rings. The van der Waals surface area contributed by atoms with Crippen LogP contribution >= 0.6 is 0 Å². The van der Waals surface area contributed by atoms with Crippen molar-refractivity contribution in [2.75, 3.05) is 26.4 Å². The Hall–Kier alpha value is -4.18. The number of hydrogen-bond donors (Lipinski definition) is 0. The molecule has 0 saturated heterocycles. The molecule has 0 spiro atoms. The molecule has 0 atom stereocenters. The lowest BCUT2D eigenvalue weighted by atomic mass is 10.2. The lowest BCUT2D eigenvalue weighted by Crippen LogP contribution is -2.13. The van der Waals surface area contributed by atoms with E-state index in [1.165, 1.54) is 24.5 Å². The number of aromatic nitrogens is 2. The van der Waals surface area contributed by atoms with Crippen LogP contribution in [0.3, 0.4) is 0 Å². The molecule has 132 valence electrons. The minimum Gasteiger partial charge on any atom is -0.474 e. The van der Waals surface area contributed by atoms with Gasteiger partial charge in [0.1, 0.15) is 48.6 Å². The maximum atomic E-state index is 9.02. The summed E-state index contributed by atoms with van der Waals surface area (Å²) < 4.78 is 16.1. The molecule has 0 unspecified atom stereocenters. The summed E-state index contributed by atoms with van der Waals surface area (Å²) in [5.41, 5.74) is 0.905. The van der Waals surface area contributed by atoms with Gasteiger partial charge >= 0.3 is 0 Å². The highest BCUT2D eigenvalue weighted by Gasteiger charge is 2.08. The van der Waals surface area contributed by atoms with Crippen LogP contribution in [0, 0.1) is 45.3 Å². The van der Waals surface area contributed by atoms with Crippen LogP contribution in [0.2, 0.25) is 0 Å². The SMILES string of the molecule is N#Cc1cnc(OCCOCCOc2ncc(C#N)cc2C#N)c(C#N)c1. The zero-order valence-electron chi connectivity index (χ0n) is 14.0. The first-order valence-electron chi connectivity index (χ1n) is 7.65. The number of rotatable bonds is 8. The van der Waals surface area contributed by atoms with Crippen LogP contribution in [0.15, 0.2) is 24.5 Å². The van der Waals surface area contributed by atoms with E-state index in [1.807, 2.05) is 24.3 Å². The van der Waals surface area contributed by atoms with E-state index in [2.05, 4.69) is 9.97 Å². The van der Waals surface area contributed by atoms with Crippen molar-refractivity contribution in [2.24, 2.45) is 0 Å². The Bertz CT molecular complexity index is 899. The summed E-state index contributed by atoms with van der Waals surface area (Å²) in [5.74, 6) is 0.272. The molecule has 2 aromatic heterocycles. The predicted octanol–water partition coefficient (Wildman–Crippen LogP) is 1.44. The van der Waals surface area contributed by atoms with Gasteiger partial charge in [-0.2, -0.15) is 21.0 Å². The van der Waals surface area contributed by atoms with Crippen LogP contribution in [-0.2, 0) is 4.74 Å². The molecule has 0 aromatic carbocycles. The molecule has 0 radical (unpaired) electrons. The standard InChI is InChI=1S/C18H12N6O3/c19-7-13-5-15(9-21)17(23-11-13)26-3-1-25-2-4-27-18-16(10-22)6-14(8-20)12-24-18/h5-6,11-12H,1-4H2. The fourth-order valence-electron chi connectivity index (χ4n) is 1.91. The molecule has 2 heterocycles. The van der Waals surface area contributed by atoms with Crippen LogP contribution in [0.4, 0.5) is 0 Å². The minimum absolute atomic E-state index is 0.136. The van der Waals surface area contributed by atoms with E-state index in [0.29, 0.717) is 0 Å². The third-order valence-corrected chi connectivity index (χ3v) is 3.13. The summed E-state index contributed by atoms with van der Waals surface area (Å²) in [6.45, 7) is 0.766. The second-order valence-corrected chi connectivity index (χ2v) is 4.91. The van der Waals surface area contributed by atoms with Crippen molar-refractivity contribution in [1.29, 1.82) is 21.0 Å². The molecule has 0 aliphatic carbocycles. The molecule has 2 aromatic rings. The Morgan fingerprint density at radius 3 is 1.48 bits per heavy atom. The van der Waals surface area contributed by atoms with Gasteiger partial charge in [0.2, 0.25) is 11.8 Å². The average Bonchev–Trinajstić information content (AvgIpc) is 2.72. The Morgan fingerprint density at radius 1 is 0.667 bits per heavy atom. The van der Waals surface area contributed by atoms with Crippen molar-refractivity contribution in [3.63, 3.8) is 0 Å². The van der Waals surface area contributed by atoms with Crippen LogP contribution in [0.5, 0.6) is 11.8 Å². The fraction of sp³-hybridized carbons (Fsp3) is 0.222. The van der Waals surface area contributed by atoms with Gasteiger partial charge in [-0.05, 0) is 12.1 Å². The van der Waals surface area contributed by atoms with E-state index in [9.17, 15) is 0 Å². The van der Waals surface area contributed by atoms with Gasteiger partial charge in [-0.25, -0.2) is 9.97 Å². The van der Waals surface area contributed by atoms with Gasteiger partial charge in [0.15, 0.2) is 0 Å². The second-order valence-electron chi connectivity index (χ2n) is 4.91. The summed E-state index contributed by atoms with van der Waals surface area (Å²) in [6, 6.07) is 10.4. The molecule has 0 aliphatic heterocycles. The highest BCUT2D eigenvalue weighted by atomic mass is 16.5. The van der Waals surface area contributed by atoms with Crippen LogP contribution < -0.4 is 9.47 Å². The van der Waals surface area contributed by atoms with Gasteiger partial charge in [-0.1, -0.05) is 0 Å². The van der Waals surface area contributed by atoms with E-state index in [4.69, 9.17) is 35.3 Å². The highest BCUT2D eigenvalue weighted by Crippen LogP contribution is 2.16. The molecule has 9 nitrogen and oxygen atoms in total. The Morgan fingerprint density at radius 2 is 1.11 bits per heavy atom. The first-order valence-corrected chi connectivity index (χ1v) is 7.65. The Labute approximate surface area is 155 Å². The van der Waals surface area contributed by atoms with Gasteiger partial charge in [-0.15, -0.1) is 0 Å². The summed E-state index contributed by atoms with van der Waals surface area (Å²) >= 11 is 0. The third-order valence-electron chi connectivity index (χ3n) is 3.13. The largest absolute Gasteiger partial charge is 0.474 e. The molecule has 0 aliphatic rings. The first kappa shape index (κ1) is 19.1. The molecule has 0 saturated carbocycles. The van der Waals surface area contributed by atoms with Crippen LogP contribution in [-0.4, -0.2) is 36.4 Å². The van der Waals surface area contributed by atoms with E-state index < -0.39 is 0 Å². The van der Waals surface area contributed by atoms with Crippen molar-refractivity contribution in [2.45, 2.75) is 0 Å². The third kappa shape index (κ3) is 5.41. The number of hydrogen-bond acceptors (Lipinski definition) is 9. The van der Waals surface area contributed by atoms with E-state index in [0.717, 1.165) is 0 Å². The van der Waals surface area contributed by atoms with Gasteiger partial charge < -0.3 is 14.2 Å². The van der Waals surface area contributed by atoms with E-state index in [1.54, 1.807) is 0 Å². The van der Waals surface area contributed by atoms with Gasteiger partial charge in [0.25, 0.3) is 0 Å². The second kappa shape index (κ2) is 9.96. The number of nitrogens with zero attached hydrogens (tertiary/aromatic N) is 6.